The van der Waals surface area contributed by atoms with Crippen LogP contribution in [0.5, 0.6) is 0 Å². The fraction of sp³-hybridized carbons (Fsp3) is 0.176. The molecule has 2 rings (SSSR count). The number of benzene rings is 2. The van der Waals surface area contributed by atoms with Gasteiger partial charge in [-0.05, 0) is 49.3 Å². The van der Waals surface area contributed by atoms with E-state index in [2.05, 4.69) is 26.6 Å². The number of nitrogens with one attached hydrogen (secondary N) is 2. The Bertz CT molecular complexity index is 698. The van der Waals surface area contributed by atoms with Gasteiger partial charge in [-0.15, -0.1) is 0 Å². The molecule has 5 heteroatoms. The van der Waals surface area contributed by atoms with Crippen LogP contribution in [0.1, 0.15) is 27.0 Å². The van der Waals surface area contributed by atoms with E-state index in [9.17, 15) is 4.79 Å². The largest absolute Gasteiger partial charge is 0.358 e. The molecule has 0 radical (unpaired) electrons. The zero-order valence-electron chi connectivity index (χ0n) is 12.4. The van der Waals surface area contributed by atoms with Crippen molar-refractivity contribution in [1.29, 1.82) is 0 Å². The number of aryl methyl sites for hydroxylation is 2. The normalized spacial score (nSPS) is 10.1. The second-order valence-corrected chi connectivity index (χ2v) is 6.35. The van der Waals surface area contributed by atoms with Crippen LogP contribution in [0.2, 0.25) is 0 Å². The maximum absolute atomic E-state index is 12.1. The van der Waals surface area contributed by atoms with Gasteiger partial charge in [-0.25, -0.2) is 0 Å². The number of halogens is 1. The third-order valence-corrected chi connectivity index (χ3v) is 4.34. The predicted octanol–water partition coefficient (Wildman–Crippen LogP) is 3.87. The van der Waals surface area contributed by atoms with Crippen molar-refractivity contribution < 1.29 is 4.79 Å². The van der Waals surface area contributed by atoms with Crippen LogP contribution >= 0.6 is 28.1 Å². The third kappa shape index (κ3) is 4.64. The molecular weight excluding hydrogens is 360 g/mol. The van der Waals surface area contributed by atoms with Crippen LogP contribution in [0.15, 0.2) is 46.9 Å². The van der Waals surface area contributed by atoms with Crippen LogP contribution in [0, 0.1) is 13.8 Å². The molecule has 0 aromatic heterocycles. The van der Waals surface area contributed by atoms with Crippen molar-refractivity contribution in [1.82, 2.24) is 10.6 Å². The molecule has 2 N–H and O–H groups in total. The summed E-state index contributed by atoms with van der Waals surface area (Å²) in [5.41, 5.74) is 3.97. The van der Waals surface area contributed by atoms with E-state index in [1.807, 2.05) is 44.2 Å². The van der Waals surface area contributed by atoms with Crippen molar-refractivity contribution in [3.63, 3.8) is 0 Å². The first-order valence-corrected chi connectivity index (χ1v) is 8.06. The van der Waals surface area contributed by atoms with E-state index in [-0.39, 0.29) is 5.91 Å². The average Bonchev–Trinajstić information content (AvgIpc) is 2.49. The second kappa shape index (κ2) is 7.51. The Morgan fingerprint density at radius 3 is 2.45 bits per heavy atom. The molecule has 2 aromatic carbocycles. The predicted molar refractivity (Wildman–Crippen MR) is 97.0 cm³/mol. The Labute approximate surface area is 144 Å². The summed E-state index contributed by atoms with van der Waals surface area (Å²) in [5.74, 6) is -0.220. The molecule has 2 aromatic rings. The number of carbonyl (C=O) groups excluding carboxylic acids is 1. The smallest absolute Gasteiger partial charge is 0.257 e. The molecule has 0 aliphatic rings. The van der Waals surface area contributed by atoms with E-state index in [0.717, 1.165) is 15.6 Å². The summed E-state index contributed by atoms with van der Waals surface area (Å²) in [7, 11) is 0. The molecule has 0 fully saturated rings. The molecule has 0 saturated heterocycles. The molecule has 3 nitrogen and oxygen atoms in total. The summed E-state index contributed by atoms with van der Waals surface area (Å²) < 4.78 is 0.902. The molecule has 0 atom stereocenters. The summed E-state index contributed by atoms with van der Waals surface area (Å²) in [6.07, 6.45) is 0. The molecular formula is C17H17BrN2OS. The number of rotatable bonds is 3. The Hall–Kier alpha value is -1.72. The zero-order valence-corrected chi connectivity index (χ0v) is 14.8. The minimum absolute atomic E-state index is 0.220. The monoisotopic (exact) mass is 376 g/mol. The van der Waals surface area contributed by atoms with Crippen molar-refractivity contribution in [2.45, 2.75) is 20.4 Å². The van der Waals surface area contributed by atoms with Gasteiger partial charge < -0.3 is 5.32 Å². The van der Waals surface area contributed by atoms with Crippen LogP contribution in [0.3, 0.4) is 0 Å². The van der Waals surface area contributed by atoms with Gasteiger partial charge in [0.2, 0.25) is 0 Å². The lowest BCUT2D eigenvalue weighted by Crippen LogP contribution is -2.38. The van der Waals surface area contributed by atoms with E-state index >= 15 is 0 Å². The Morgan fingerprint density at radius 2 is 1.82 bits per heavy atom. The molecule has 0 heterocycles. The van der Waals surface area contributed by atoms with Gasteiger partial charge in [-0.2, -0.15) is 0 Å². The van der Waals surface area contributed by atoms with Crippen LogP contribution in [0.25, 0.3) is 0 Å². The van der Waals surface area contributed by atoms with E-state index < -0.39 is 0 Å². The fourth-order valence-corrected chi connectivity index (χ4v) is 2.39. The first-order valence-electron chi connectivity index (χ1n) is 6.86. The summed E-state index contributed by atoms with van der Waals surface area (Å²) in [5, 5.41) is 6.04. The van der Waals surface area contributed by atoms with Gasteiger partial charge in [-0.3, -0.25) is 10.1 Å². The third-order valence-electron chi connectivity index (χ3n) is 3.23. The number of hydrogen-bond donors (Lipinski definition) is 2. The maximum Gasteiger partial charge on any atom is 0.257 e. The summed E-state index contributed by atoms with van der Waals surface area (Å²) in [4.78, 5) is 12.1. The zero-order chi connectivity index (χ0) is 16.1. The standard InChI is InChI=1S/C17H17BrN2OS/c1-11-3-6-13(7-4-11)10-19-17(22)20-16(21)14-8-5-12(2)15(18)9-14/h3-9H,10H2,1-2H3,(H2,19,20,21,22). The summed E-state index contributed by atoms with van der Waals surface area (Å²) in [6, 6.07) is 13.6. The summed E-state index contributed by atoms with van der Waals surface area (Å²) >= 11 is 8.58. The Balaban J connectivity index is 1.89. The molecule has 0 saturated carbocycles. The highest BCUT2D eigenvalue weighted by molar-refractivity contribution is 9.10. The van der Waals surface area contributed by atoms with Crippen LogP contribution in [0.4, 0.5) is 0 Å². The lowest BCUT2D eigenvalue weighted by molar-refractivity contribution is 0.0976. The van der Waals surface area contributed by atoms with Gasteiger partial charge in [0.05, 0.1) is 0 Å². The van der Waals surface area contributed by atoms with Gasteiger partial charge in [0.15, 0.2) is 5.11 Å². The van der Waals surface area contributed by atoms with Gasteiger partial charge in [-0.1, -0.05) is 51.8 Å². The summed E-state index contributed by atoms with van der Waals surface area (Å²) in [6.45, 7) is 4.60. The molecule has 1 amide bonds. The molecule has 0 unspecified atom stereocenters. The fourth-order valence-electron chi connectivity index (χ4n) is 1.84. The van der Waals surface area contributed by atoms with E-state index in [4.69, 9.17) is 12.2 Å². The minimum atomic E-state index is -0.220. The van der Waals surface area contributed by atoms with E-state index in [0.29, 0.717) is 17.2 Å². The quantitative estimate of drug-likeness (QED) is 0.798. The van der Waals surface area contributed by atoms with E-state index in [1.165, 1.54) is 5.56 Å². The van der Waals surface area contributed by atoms with Crippen LogP contribution in [-0.2, 0) is 6.54 Å². The average molecular weight is 377 g/mol. The van der Waals surface area contributed by atoms with E-state index in [1.54, 1.807) is 12.1 Å². The molecule has 0 spiro atoms. The molecule has 0 aliphatic carbocycles. The Morgan fingerprint density at radius 1 is 1.14 bits per heavy atom. The van der Waals surface area contributed by atoms with Gasteiger partial charge in [0.25, 0.3) is 5.91 Å². The number of carbonyl (C=O) groups is 1. The first-order chi connectivity index (χ1) is 10.5. The topological polar surface area (TPSA) is 41.1 Å². The van der Waals surface area contributed by atoms with Crippen molar-refractivity contribution in [3.8, 4) is 0 Å². The number of hydrogen-bond acceptors (Lipinski definition) is 2. The van der Waals surface area contributed by atoms with Crippen LogP contribution < -0.4 is 10.6 Å². The van der Waals surface area contributed by atoms with Gasteiger partial charge in [0, 0.05) is 16.6 Å². The minimum Gasteiger partial charge on any atom is -0.358 e. The second-order valence-electron chi connectivity index (χ2n) is 5.09. The van der Waals surface area contributed by atoms with Crippen molar-refractivity contribution >= 4 is 39.2 Å². The van der Waals surface area contributed by atoms with Crippen molar-refractivity contribution in [2.24, 2.45) is 0 Å². The van der Waals surface area contributed by atoms with Gasteiger partial charge >= 0.3 is 0 Å². The first kappa shape index (κ1) is 16.6. The van der Waals surface area contributed by atoms with Gasteiger partial charge in [0.1, 0.15) is 0 Å². The van der Waals surface area contributed by atoms with Crippen molar-refractivity contribution in [3.05, 3.63) is 69.2 Å². The molecule has 22 heavy (non-hydrogen) atoms. The lowest BCUT2D eigenvalue weighted by atomic mass is 10.1. The van der Waals surface area contributed by atoms with Crippen LogP contribution in [-0.4, -0.2) is 11.0 Å². The molecule has 114 valence electrons. The Kier molecular flexibility index (Phi) is 5.69. The maximum atomic E-state index is 12.1. The highest BCUT2D eigenvalue weighted by atomic mass is 79.9. The molecule has 0 aliphatic heterocycles. The number of amides is 1. The number of thiocarbonyl (C=S) groups is 1. The van der Waals surface area contributed by atoms with Crippen molar-refractivity contribution in [2.75, 3.05) is 0 Å². The molecule has 0 bridgehead atoms. The SMILES string of the molecule is Cc1ccc(CNC(=S)NC(=O)c2ccc(C)c(Br)c2)cc1. The highest BCUT2D eigenvalue weighted by Crippen LogP contribution is 2.17. The lowest BCUT2D eigenvalue weighted by Gasteiger charge is -2.10. The highest BCUT2D eigenvalue weighted by Gasteiger charge is 2.09.